The SMILES string of the molecule is O=C(Cc1ccsc1)N[C@@H](CCCSCC(=O)C(F)(F)F)C(=O)Nc1cccnc1. The smallest absolute Gasteiger partial charge is 0.344 e. The first-order valence-corrected chi connectivity index (χ1v) is 11.0. The molecule has 0 saturated heterocycles. The van der Waals surface area contributed by atoms with Gasteiger partial charge < -0.3 is 10.6 Å². The topological polar surface area (TPSA) is 88.2 Å². The van der Waals surface area contributed by atoms with E-state index in [1.807, 2.05) is 16.8 Å². The van der Waals surface area contributed by atoms with Gasteiger partial charge in [-0.2, -0.15) is 36.3 Å². The van der Waals surface area contributed by atoms with E-state index >= 15 is 0 Å². The van der Waals surface area contributed by atoms with E-state index in [9.17, 15) is 27.6 Å². The third-order valence-electron chi connectivity index (χ3n) is 3.86. The Kier molecular flexibility index (Phi) is 9.31. The van der Waals surface area contributed by atoms with Crippen molar-refractivity contribution in [2.75, 3.05) is 16.8 Å². The van der Waals surface area contributed by atoms with E-state index in [0.29, 0.717) is 12.1 Å². The van der Waals surface area contributed by atoms with E-state index in [-0.39, 0.29) is 24.5 Å². The Morgan fingerprint density at radius 1 is 1.23 bits per heavy atom. The molecular formula is C19H20F3N3O3S2. The second-order valence-electron chi connectivity index (χ2n) is 6.28. The van der Waals surface area contributed by atoms with Gasteiger partial charge in [0.05, 0.1) is 24.1 Å². The predicted molar refractivity (Wildman–Crippen MR) is 110 cm³/mol. The van der Waals surface area contributed by atoms with Gasteiger partial charge in [0, 0.05) is 6.20 Å². The van der Waals surface area contributed by atoms with Gasteiger partial charge in [-0.05, 0) is 53.1 Å². The molecule has 0 fully saturated rings. The van der Waals surface area contributed by atoms with Crippen LogP contribution >= 0.6 is 23.1 Å². The fourth-order valence-corrected chi connectivity index (χ4v) is 3.93. The van der Waals surface area contributed by atoms with Gasteiger partial charge in [0.15, 0.2) is 0 Å². The highest BCUT2D eigenvalue weighted by Gasteiger charge is 2.37. The van der Waals surface area contributed by atoms with Gasteiger partial charge in [0.2, 0.25) is 17.6 Å². The number of amides is 2. The molecule has 2 amide bonds. The number of aromatic nitrogens is 1. The van der Waals surface area contributed by atoms with Crippen molar-refractivity contribution >= 4 is 46.4 Å². The summed E-state index contributed by atoms with van der Waals surface area (Å²) in [6, 6.07) is 4.24. The molecular weight excluding hydrogens is 439 g/mol. The van der Waals surface area contributed by atoms with Crippen LogP contribution in [0.5, 0.6) is 0 Å². The molecule has 0 aromatic carbocycles. The summed E-state index contributed by atoms with van der Waals surface area (Å²) in [5.74, 6) is -2.99. The lowest BCUT2D eigenvalue weighted by Gasteiger charge is -2.18. The third-order valence-corrected chi connectivity index (χ3v) is 5.63. The van der Waals surface area contributed by atoms with E-state index in [1.165, 1.54) is 17.5 Å². The first-order chi connectivity index (χ1) is 14.3. The number of rotatable bonds is 11. The van der Waals surface area contributed by atoms with Crippen molar-refractivity contribution in [2.45, 2.75) is 31.5 Å². The quantitative estimate of drug-likeness (QED) is 0.503. The fourth-order valence-electron chi connectivity index (χ4n) is 2.40. The number of thioether (sulfide) groups is 1. The fraction of sp³-hybridized carbons (Fsp3) is 0.368. The lowest BCUT2D eigenvalue weighted by Crippen LogP contribution is -2.44. The summed E-state index contributed by atoms with van der Waals surface area (Å²) in [5.41, 5.74) is 1.29. The van der Waals surface area contributed by atoms with E-state index in [2.05, 4.69) is 15.6 Å². The van der Waals surface area contributed by atoms with E-state index in [4.69, 9.17) is 0 Å². The Morgan fingerprint density at radius 2 is 2.03 bits per heavy atom. The normalized spacial score (nSPS) is 12.2. The van der Waals surface area contributed by atoms with Gasteiger partial charge in [0.1, 0.15) is 6.04 Å². The number of carbonyl (C=O) groups is 3. The molecule has 0 bridgehead atoms. The Bertz CT molecular complexity index is 831. The molecule has 2 heterocycles. The summed E-state index contributed by atoms with van der Waals surface area (Å²) in [5, 5.41) is 9.01. The van der Waals surface area contributed by atoms with Crippen LogP contribution in [0.4, 0.5) is 18.9 Å². The minimum Gasteiger partial charge on any atom is -0.344 e. The van der Waals surface area contributed by atoms with Crippen LogP contribution in [0.2, 0.25) is 0 Å². The van der Waals surface area contributed by atoms with Gasteiger partial charge in [0.25, 0.3) is 0 Å². The highest BCUT2D eigenvalue weighted by atomic mass is 32.2. The highest BCUT2D eigenvalue weighted by molar-refractivity contribution is 7.99. The Morgan fingerprint density at radius 3 is 2.67 bits per heavy atom. The summed E-state index contributed by atoms with van der Waals surface area (Å²) in [6.07, 6.45) is -1.14. The number of thiophene rings is 1. The molecule has 1 atom stereocenters. The van der Waals surface area contributed by atoms with Gasteiger partial charge in [-0.3, -0.25) is 19.4 Å². The van der Waals surface area contributed by atoms with Crippen LogP contribution in [0, 0.1) is 0 Å². The van der Waals surface area contributed by atoms with Gasteiger partial charge in [-0.25, -0.2) is 0 Å². The van der Waals surface area contributed by atoms with E-state index in [0.717, 1.165) is 17.3 Å². The number of ketones is 1. The number of alkyl halides is 3. The van der Waals surface area contributed by atoms with Crippen LogP contribution in [0.3, 0.4) is 0 Å². The monoisotopic (exact) mass is 459 g/mol. The number of nitrogens with one attached hydrogen (secondary N) is 2. The number of hydrogen-bond donors (Lipinski definition) is 2. The van der Waals surface area contributed by atoms with E-state index in [1.54, 1.807) is 18.3 Å². The van der Waals surface area contributed by atoms with Gasteiger partial charge in [-0.1, -0.05) is 0 Å². The molecule has 162 valence electrons. The van der Waals surface area contributed by atoms with Gasteiger partial charge in [-0.15, -0.1) is 0 Å². The number of Topliss-reactive ketones (excluding diaryl/α,β-unsaturated/α-hetero) is 1. The number of pyridine rings is 1. The number of carbonyl (C=O) groups excluding carboxylic acids is 3. The molecule has 11 heteroatoms. The summed E-state index contributed by atoms with van der Waals surface area (Å²) >= 11 is 2.30. The summed E-state index contributed by atoms with van der Waals surface area (Å²) in [6.45, 7) is 0. The standard InChI is InChI=1S/C19H20F3N3O3S2/c20-19(21,22)16(26)12-29-7-2-4-15(18(28)24-14-3-1-6-23-10-14)25-17(27)9-13-5-8-30-11-13/h1,3,5-6,8,10-11,15H,2,4,7,9,12H2,(H,24,28)(H,25,27)/t15-/m0/s1. The van der Waals surface area contributed by atoms with Crippen LogP contribution in [0.1, 0.15) is 18.4 Å². The maximum atomic E-state index is 12.6. The molecule has 0 aliphatic heterocycles. The van der Waals surface area contributed by atoms with Crippen LogP contribution in [-0.2, 0) is 20.8 Å². The molecule has 0 saturated carbocycles. The second-order valence-corrected chi connectivity index (χ2v) is 8.16. The number of halogens is 3. The lowest BCUT2D eigenvalue weighted by molar-refractivity contribution is -0.167. The zero-order valence-corrected chi connectivity index (χ0v) is 17.4. The Labute approximate surface area is 179 Å². The van der Waals surface area contributed by atoms with Crippen LogP contribution in [0.15, 0.2) is 41.4 Å². The summed E-state index contributed by atoms with van der Waals surface area (Å²) in [4.78, 5) is 39.7. The minimum atomic E-state index is -4.84. The van der Waals surface area contributed by atoms with E-state index < -0.39 is 29.7 Å². The molecule has 2 N–H and O–H groups in total. The van der Waals surface area contributed by atoms with Crippen molar-refractivity contribution in [2.24, 2.45) is 0 Å². The van der Waals surface area contributed by atoms with Crippen molar-refractivity contribution in [3.05, 3.63) is 46.9 Å². The van der Waals surface area contributed by atoms with Crippen molar-refractivity contribution in [1.82, 2.24) is 10.3 Å². The zero-order chi connectivity index (χ0) is 22.0. The molecule has 0 aliphatic carbocycles. The van der Waals surface area contributed by atoms with Crippen molar-refractivity contribution in [3.8, 4) is 0 Å². The van der Waals surface area contributed by atoms with Crippen LogP contribution in [0.25, 0.3) is 0 Å². The number of anilines is 1. The number of hydrogen-bond acceptors (Lipinski definition) is 6. The average Bonchev–Trinajstić information content (AvgIpc) is 3.19. The van der Waals surface area contributed by atoms with Crippen molar-refractivity contribution in [1.29, 1.82) is 0 Å². The molecule has 2 rings (SSSR count). The molecule has 0 unspecified atom stereocenters. The molecule has 2 aromatic rings. The largest absolute Gasteiger partial charge is 0.450 e. The molecule has 0 radical (unpaired) electrons. The van der Waals surface area contributed by atoms with Gasteiger partial charge >= 0.3 is 6.18 Å². The molecule has 0 aliphatic rings. The van der Waals surface area contributed by atoms with Crippen LogP contribution < -0.4 is 10.6 Å². The molecule has 0 spiro atoms. The summed E-state index contributed by atoms with van der Waals surface area (Å²) in [7, 11) is 0. The Hall–Kier alpha value is -2.40. The Balaban J connectivity index is 1.88. The minimum absolute atomic E-state index is 0.120. The second kappa shape index (κ2) is 11.7. The molecule has 2 aromatic heterocycles. The molecule has 30 heavy (non-hydrogen) atoms. The molecule has 6 nitrogen and oxygen atoms in total. The van der Waals surface area contributed by atoms with Crippen LogP contribution in [-0.4, -0.2) is 46.3 Å². The first-order valence-electron chi connectivity index (χ1n) is 8.95. The maximum Gasteiger partial charge on any atom is 0.450 e. The third kappa shape index (κ3) is 8.54. The zero-order valence-electron chi connectivity index (χ0n) is 15.8. The lowest BCUT2D eigenvalue weighted by atomic mass is 10.1. The summed E-state index contributed by atoms with van der Waals surface area (Å²) < 4.78 is 36.7. The average molecular weight is 460 g/mol. The maximum absolute atomic E-state index is 12.6. The van der Waals surface area contributed by atoms with Crippen molar-refractivity contribution < 1.29 is 27.6 Å². The highest BCUT2D eigenvalue weighted by Crippen LogP contribution is 2.19. The first kappa shape index (κ1) is 23.9. The predicted octanol–water partition coefficient (Wildman–Crippen LogP) is 3.45. The van der Waals surface area contributed by atoms with Crippen molar-refractivity contribution in [3.63, 3.8) is 0 Å². The number of nitrogens with zero attached hydrogens (tertiary/aromatic N) is 1.